The van der Waals surface area contributed by atoms with Crippen LogP contribution in [0.2, 0.25) is 5.02 Å². The lowest BCUT2D eigenvalue weighted by Gasteiger charge is -2.26. The highest BCUT2D eigenvalue weighted by Crippen LogP contribution is 2.22. The Morgan fingerprint density at radius 2 is 2.19 bits per heavy atom. The van der Waals surface area contributed by atoms with Crippen LogP contribution in [0.1, 0.15) is 24.0 Å². The third kappa shape index (κ3) is 2.40. The van der Waals surface area contributed by atoms with Crippen LogP contribution in [0.3, 0.4) is 0 Å². The number of hydrogen-bond donors (Lipinski definition) is 2. The van der Waals surface area contributed by atoms with Crippen LogP contribution in [-0.4, -0.2) is 18.6 Å². The van der Waals surface area contributed by atoms with Gasteiger partial charge in [-0.1, -0.05) is 17.7 Å². The SMILES string of the molecule is Clc1ccc2c(c1)CNC(CNC1CC1)C2. The molecule has 2 aliphatic rings. The van der Waals surface area contributed by atoms with Gasteiger partial charge in [-0.25, -0.2) is 0 Å². The maximum atomic E-state index is 5.98. The predicted molar refractivity (Wildman–Crippen MR) is 66.8 cm³/mol. The summed E-state index contributed by atoms with van der Waals surface area (Å²) in [4.78, 5) is 0. The Balaban J connectivity index is 1.63. The molecule has 0 amide bonds. The molecule has 1 aliphatic carbocycles. The van der Waals surface area contributed by atoms with Gasteiger partial charge in [0.05, 0.1) is 0 Å². The molecule has 1 atom stereocenters. The molecule has 0 bridgehead atoms. The molecule has 86 valence electrons. The van der Waals surface area contributed by atoms with Crippen molar-refractivity contribution in [3.63, 3.8) is 0 Å². The lowest BCUT2D eigenvalue weighted by molar-refractivity contribution is 0.447. The topological polar surface area (TPSA) is 24.1 Å². The van der Waals surface area contributed by atoms with Gasteiger partial charge in [0.1, 0.15) is 0 Å². The fourth-order valence-electron chi connectivity index (χ4n) is 2.29. The van der Waals surface area contributed by atoms with E-state index in [1.165, 1.54) is 24.0 Å². The molecule has 1 heterocycles. The molecule has 1 saturated carbocycles. The molecule has 1 aliphatic heterocycles. The first-order valence-electron chi connectivity index (χ1n) is 6.05. The largest absolute Gasteiger partial charge is 0.312 e. The molecule has 1 aromatic carbocycles. The predicted octanol–water partition coefficient (Wildman–Crippen LogP) is 2.11. The molecule has 0 aromatic heterocycles. The van der Waals surface area contributed by atoms with Gasteiger partial charge in [-0.05, 0) is 42.5 Å². The van der Waals surface area contributed by atoms with Crippen LogP contribution in [-0.2, 0) is 13.0 Å². The van der Waals surface area contributed by atoms with Crippen molar-refractivity contribution in [2.75, 3.05) is 6.54 Å². The van der Waals surface area contributed by atoms with Crippen molar-refractivity contribution in [2.24, 2.45) is 0 Å². The van der Waals surface area contributed by atoms with Gasteiger partial charge in [-0.2, -0.15) is 0 Å². The highest BCUT2D eigenvalue weighted by Gasteiger charge is 2.23. The second-order valence-electron chi connectivity index (χ2n) is 4.88. The summed E-state index contributed by atoms with van der Waals surface area (Å²) >= 11 is 5.98. The first kappa shape index (κ1) is 10.6. The number of rotatable bonds is 3. The Morgan fingerprint density at radius 3 is 3.00 bits per heavy atom. The Labute approximate surface area is 101 Å². The molecule has 3 rings (SSSR count). The summed E-state index contributed by atoms with van der Waals surface area (Å²) in [6.07, 6.45) is 3.84. The van der Waals surface area contributed by atoms with E-state index in [-0.39, 0.29) is 0 Å². The van der Waals surface area contributed by atoms with Crippen LogP contribution in [0.5, 0.6) is 0 Å². The maximum Gasteiger partial charge on any atom is 0.0409 e. The molecule has 2 N–H and O–H groups in total. The van der Waals surface area contributed by atoms with E-state index in [2.05, 4.69) is 22.8 Å². The minimum atomic E-state index is 0.578. The number of nitrogens with one attached hydrogen (secondary N) is 2. The second kappa shape index (κ2) is 4.36. The van der Waals surface area contributed by atoms with Gasteiger partial charge in [-0.15, -0.1) is 0 Å². The van der Waals surface area contributed by atoms with Crippen molar-refractivity contribution < 1.29 is 0 Å². The van der Waals surface area contributed by atoms with E-state index in [0.29, 0.717) is 6.04 Å². The Morgan fingerprint density at radius 1 is 1.31 bits per heavy atom. The van der Waals surface area contributed by atoms with Crippen molar-refractivity contribution in [3.05, 3.63) is 34.3 Å². The van der Waals surface area contributed by atoms with Crippen LogP contribution in [0, 0.1) is 0 Å². The summed E-state index contributed by atoms with van der Waals surface area (Å²) in [6.45, 7) is 2.04. The number of halogens is 1. The summed E-state index contributed by atoms with van der Waals surface area (Å²) in [5.41, 5.74) is 2.81. The van der Waals surface area contributed by atoms with Crippen LogP contribution in [0.15, 0.2) is 18.2 Å². The molecule has 1 fully saturated rings. The fraction of sp³-hybridized carbons (Fsp3) is 0.538. The van der Waals surface area contributed by atoms with E-state index in [9.17, 15) is 0 Å². The third-order valence-electron chi connectivity index (χ3n) is 3.45. The standard InChI is InChI=1S/C13H17ClN2/c14-11-2-1-9-6-13(8-16-12-3-4-12)15-7-10(9)5-11/h1-2,5,12-13,15-16H,3-4,6-8H2. The Bertz CT molecular complexity index is 388. The molecule has 0 spiro atoms. The van der Waals surface area contributed by atoms with E-state index in [4.69, 9.17) is 11.6 Å². The lowest BCUT2D eigenvalue weighted by Crippen LogP contribution is -2.43. The van der Waals surface area contributed by atoms with Gasteiger partial charge < -0.3 is 10.6 Å². The molecule has 16 heavy (non-hydrogen) atoms. The summed E-state index contributed by atoms with van der Waals surface area (Å²) in [7, 11) is 0. The van der Waals surface area contributed by atoms with E-state index in [1.54, 1.807) is 0 Å². The number of benzene rings is 1. The van der Waals surface area contributed by atoms with E-state index in [0.717, 1.165) is 30.6 Å². The summed E-state index contributed by atoms with van der Waals surface area (Å²) < 4.78 is 0. The zero-order chi connectivity index (χ0) is 11.0. The minimum absolute atomic E-state index is 0.578. The van der Waals surface area contributed by atoms with Crippen molar-refractivity contribution in [1.82, 2.24) is 10.6 Å². The maximum absolute atomic E-state index is 5.98. The van der Waals surface area contributed by atoms with Crippen LogP contribution >= 0.6 is 11.6 Å². The van der Waals surface area contributed by atoms with Crippen molar-refractivity contribution in [3.8, 4) is 0 Å². The first-order valence-corrected chi connectivity index (χ1v) is 6.43. The van der Waals surface area contributed by atoms with Crippen molar-refractivity contribution in [1.29, 1.82) is 0 Å². The smallest absolute Gasteiger partial charge is 0.0409 e. The Hall–Kier alpha value is -0.570. The highest BCUT2D eigenvalue weighted by atomic mass is 35.5. The average molecular weight is 237 g/mol. The minimum Gasteiger partial charge on any atom is -0.312 e. The van der Waals surface area contributed by atoms with Gasteiger partial charge in [0.15, 0.2) is 0 Å². The van der Waals surface area contributed by atoms with Crippen LogP contribution < -0.4 is 10.6 Å². The van der Waals surface area contributed by atoms with E-state index < -0.39 is 0 Å². The lowest BCUT2D eigenvalue weighted by atomic mass is 9.96. The van der Waals surface area contributed by atoms with E-state index in [1.807, 2.05) is 6.07 Å². The molecule has 0 radical (unpaired) electrons. The van der Waals surface area contributed by atoms with Gasteiger partial charge in [-0.3, -0.25) is 0 Å². The highest BCUT2D eigenvalue weighted by molar-refractivity contribution is 6.30. The monoisotopic (exact) mass is 236 g/mol. The third-order valence-corrected chi connectivity index (χ3v) is 3.68. The Kier molecular flexibility index (Phi) is 2.88. The molecule has 0 saturated heterocycles. The van der Waals surface area contributed by atoms with E-state index >= 15 is 0 Å². The molecule has 1 unspecified atom stereocenters. The summed E-state index contributed by atoms with van der Waals surface area (Å²) in [5, 5.41) is 7.99. The molecule has 2 nitrogen and oxygen atoms in total. The fourth-order valence-corrected chi connectivity index (χ4v) is 2.49. The molecular weight excluding hydrogens is 220 g/mol. The quantitative estimate of drug-likeness (QED) is 0.840. The number of fused-ring (bicyclic) bond motifs is 1. The van der Waals surface area contributed by atoms with Gasteiger partial charge in [0.25, 0.3) is 0 Å². The first-order chi connectivity index (χ1) is 7.81. The van der Waals surface area contributed by atoms with Crippen molar-refractivity contribution in [2.45, 2.75) is 37.9 Å². The average Bonchev–Trinajstić information content (AvgIpc) is 3.10. The number of hydrogen-bond acceptors (Lipinski definition) is 2. The second-order valence-corrected chi connectivity index (χ2v) is 5.31. The van der Waals surface area contributed by atoms with Gasteiger partial charge >= 0.3 is 0 Å². The summed E-state index contributed by atoms with van der Waals surface area (Å²) in [6, 6.07) is 7.62. The zero-order valence-electron chi connectivity index (χ0n) is 9.30. The van der Waals surface area contributed by atoms with Crippen LogP contribution in [0.4, 0.5) is 0 Å². The normalized spacial score (nSPS) is 24.2. The van der Waals surface area contributed by atoms with Crippen molar-refractivity contribution >= 4 is 11.6 Å². The molecule has 3 heteroatoms. The molecule has 1 aromatic rings. The summed E-state index contributed by atoms with van der Waals surface area (Å²) in [5.74, 6) is 0. The van der Waals surface area contributed by atoms with Crippen LogP contribution in [0.25, 0.3) is 0 Å². The van der Waals surface area contributed by atoms with Gasteiger partial charge in [0.2, 0.25) is 0 Å². The molecular formula is C13H17ClN2. The zero-order valence-corrected chi connectivity index (χ0v) is 10.1. The van der Waals surface area contributed by atoms with Gasteiger partial charge in [0, 0.05) is 30.2 Å².